The van der Waals surface area contributed by atoms with Crippen LogP contribution in [0, 0.1) is 3.57 Å². The van der Waals surface area contributed by atoms with Gasteiger partial charge < -0.3 is 15.4 Å². The van der Waals surface area contributed by atoms with Crippen molar-refractivity contribution in [2.45, 2.75) is 12.5 Å². The molecule has 7 heteroatoms. The van der Waals surface area contributed by atoms with Crippen LogP contribution in [0.1, 0.15) is 15.9 Å². The minimum absolute atomic E-state index is 0.250. The number of hydrogen-bond acceptors (Lipinski definition) is 4. The zero-order chi connectivity index (χ0) is 18.9. The lowest BCUT2D eigenvalue weighted by Gasteiger charge is -2.18. The monoisotopic (exact) mass is 466 g/mol. The Morgan fingerprint density at radius 2 is 1.69 bits per heavy atom. The van der Waals surface area contributed by atoms with Gasteiger partial charge in [0.15, 0.2) is 0 Å². The van der Waals surface area contributed by atoms with Crippen LogP contribution in [0.4, 0.5) is 0 Å². The highest BCUT2D eigenvalue weighted by Gasteiger charge is 2.22. The van der Waals surface area contributed by atoms with E-state index in [1.165, 1.54) is 7.11 Å². The van der Waals surface area contributed by atoms with Crippen molar-refractivity contribution >= 4 is 40.4 Å². The van der Waals surface area contributed by atoms with E-state index in [1.807, 2.05) is 30.3 Å². The number of methoxy groups -OCH3 is 1. The lowest BCUT2D eigenvalue weighted by molar-refractivity contribution is -0.141. The van der Waals surface area contributed by atoms with Crippen LogP contribution in [0.2, 0.25) is 0 Å². The van der Waals surface area contributed by atoms with Gasteiger partial charge in [0.1, 0.15) is 12.6 Å². The number of esters is 1. The van der Waals surface area contributed by atoms with Crippen LogP contribution in [-0.2, 0) is 20.7 Å². The molecule has 0 heterocycles. The molecule has 2 amide bonds. The van der Waals surface area contributed by atoms with E-state index >= 15 is 0 Å². The van der Waals surface area contributed by atoms with Crippen molar-refractivity contribution < 1.29 is 19.1 Å². The summed E-state index contributed by atoms with van der Waals surface area (Å²) in [7, 11) is 1.24. The van der Waals surface area contributed by atoms with Gasteiger partial charge in [-0.2, -0.15) is 0 Å². The van der Waals surface area contributed by atoms with Gasteiger partial charge in [0.25, 0.3) is 5.91 Å². The fourth-order valence-electron chi connectivity index (χ4n) is 2.25. The summed E-state index contributed by atoms with van der Waals surface area (Å²) in [5, 5.41) is 5.23. The van der Waals surface area contributed by atoms with Crippen molar-refractivity contribution in [3.63, 3.8) is 0 Å². The molecular formula is C19H19IN2O4. The molecular weight excluding hydrogens is 447 g/mol. The van der Waals surface area contributed by atoms with Crippen molar-refractivity contribution in [3.8, 4) is 0 Å². The number of rotatable bonds is 7. The predicted molar refractivity (Wildman–Crippen MR) is 106 cm³/mol. The molecule has 2 N–H and O–H groups in total. The lowest BCUT2D eigenvalue weighted by atomic mass is 10.0. The highest BCUT2D eigenvalue weighted by molar-refractivity contribution is 14.1. The first-order valence-electron chi connectivity index (χ1n) is 7.94. The van der Waals surface area contributed by atoms with Crippen LogP contribution in [0.5, 0.6) is 0 Å². The first-order chi connectivity index (χ1) is 12.5. The van der Waals surface area contributed by atoms with Gasteiger partial charge in [0.05, 0.1) is 7.11 Å². The van der Waals surface area contributed by atoms with E-state index in [9.17, 15) is 14.4 Å². The zero-order valence-electron chi connectivity index (χ0n) is 14.2. The molecule has 0 unspecified atom stereocenters. The smallest absolute Gasteiger partial charge is 0.325 e. The molecule has 0 bridgehead atoms. The van der Waals surface area contributed by atoms with Gasteiger partial charge in [0.2, 0.25) is 5.91 Å². The third-order valence-corrected chi connectivity index (χ3v) is 4.36. The van der Waals surface area contributed by atoms with Crippen LogP contribution in [0.3, 0.4) is 0 Å². The summed E-state index contributed by atoms with van der Waals surface area (Å²) < 4.78 is 5.60. The Morgan fingerprint density at radius 1 is 1.04 bits per heavy atom. The zero-order valence-corrected chi connectivity index (χ0v) is 16.4. The maximum atomic E-state index is 12.5. The molecule has 2 rings (SSSR count). The molecule has 0 aliphatic carbocycles. The number of benzene rings is 2. The Balaban J connectivity index is 2.11. The number of nitrogens with one attached hydrogen (secondary N) is 2. The third-order valence-electron chi connectivity index (χ3n) is 3.65. The van der Waals surface area contributed by atoms with Gasteiger partial charge in [-0.05, 0) is 52.4 Å². The second-order valence-corrected chi connectivity index (χ2v) is 6.76. The van der Waals surface area contributed by atoms with Gasteiger partial charge in [-0.3, -0.25) is 14.4 Å². The summed E-state index contributed by atoms with van der Waals surface area (Å²) in [6.07, 6.45) is 0.308. The van der Waals surface area contributed by atoms with E-state index < -0.39 is 17.9 Å². The standard InChI is InChI=1S/C19H19IN2O4/c1-26-17(23)12-21-19(25)16(11-13-7-9-15(20)10-8-13)22-18(24)14-5-3-2-4-6-14/h2-10,16H,11-12H2,1H3,(H,21,25)(H,22,24)/t16-/m0/s1. The lowest BCUT2D eigenvalue weighted by Crippen LogP contribution is -2.49. The number of ether oxygens (including phenoxy) is 1. The number of carbonyl (C=O) groups excluding carboxylic acids is 3. The second kappa shape index (κ2) is 9.91. The van der Waals surface area contributed by atoms with Crippen LogP contribution in [0.25, 0.3) is 0 Å². The van der Waals surface area contributed by atoms with Crippen molar-refractivity contribution in [1.29, 1.82) is 0 Å². The molecule has 0 radical (unpaired) electrons. The Hall–Kier alpha value is -2.42. The van der Waals surface area contributed by atoms with Crippen molar-refractivity contribution in [2.24, 2.45) is 0 Å². The first kappa shape index (κ1) is 19.9. The molecule has 0 aliphatic rings. The van der Waals surface area contributed by atoms with E-state index in [4.69, 9.17) is 0 Å². The largest absolute Gasteiger partial charge is 0.468 e. The molecule has 2 aromatic carbocycles. The Morgan fingerprint density at radius 3 is 2.31 bits per heavy atom. The molecule has 0 spiro atoms. The Bertz CT molecular complexity index is 763. The van der Waals surface area contributed by atoms with Gasteiger partial charge in [-0.15, -0.1) is 0 Å². The van der Waals surface area contributed by atoms with Gasteiger partial charge in [-0.25, -0.2) is 0 Å². The van der Waals surface area contributed by atoms with Crippen LogP contribution in [-0.4, -0.2) is 37.5 Å². The summed E-state index contributed by atoms with van der Waals surface area (Å²) in [6.45, 7) is -0.250. The van der Waals surface area contributed by atoms with Gasteiger partial charge in [0, 0.05) is 15.6 Å². The summed E-state index contributed by atoms with van der Waals surface area (Å²) in [6, 6.07) is 15.5. The number of carbonyl (C=O) groups is 3. The van der Waals surface area contributed by atoms with E-state index in [0.717, 1.165) is 9.13 Å². The van der Waals surface area contributed by atoms with Gasteiger partial charge >= 0.3 is 5.97 Å². The summed E-state index contributed by atoms with van der Waals surface area (Å²) >= 11 is 2.20. The van der Waals surface area contributed by atoms with Crippen molar-refractivity contribution in [3.05, 3.63) is 69.3 Å². The maximum Gasteiger partial charge on any atom is 0.325 e. The predicted octanol–water partition coefficient (Wildman–Crippen LogP) is 1.92. The summed E-state index contributed by atoms with van der Waals surface area (Å²) in [4.78, 5) is 36.1. The molecule has 1 atom stereocenters. The highest BCUT2D eigenvalue weighted by atomic mass is 127. The molecule has 6 nitrogen and oxygen atoms in total. The van der Waals surface area contributed by atoms with E-state index in [2.05, 4.69) is 38.0 Å². The molecule has 0 saturated carbocycles. The van der Waals surface area contributed by atoms with E-state index in [-0.39, 0.29) is 12.5 Å². The Labute approximate surface area is 165 Å². The molecule has 0 aliphatic heterocycles. The van der Waals surface area contributed by atoms with Crippen LogP contribution < -0.4 is 10.6 Å². The average molecular weight is 466 g/mol. The molecule has 0 fully saturated rings. The number of hydrogen-bond donors (Lipinski definition) is 2. The molecule has 136 valence electrons. The molecule has 0 saturated heterocycles. The van der Waals surface area contributed by atoms with E-state index in [0.29, 0.717) is 12.0 Å². The first-order valence-corrected chi connectivity index (χ1v) is 9.02. The molecule has 0 aromatic heterocycles. The van der Waals surface area contributed by atoms with Crippen LogP contribution >= 0.6 is 22.6 Å². The maximum absolute atomic E-state index is 12.5. The number of halogens is 1. The minimum Gasteiger partial charge on any atom is -0.468 e. The second-order valence-electron chi connectivity index (χ2n) is 5.52. The van der Waals surface area contributed by atoms with E-state index in [1.54, 1.807) is 24.3 Å². The summed E-state index contributed by atoms with van der Waals surface area (Å²) in [5.74, 6) is -1.35. The summed E-state index contributed by atoms with van der Waals surface area (Å²) in [5.41, 5.74) is 1.36. The highest BCUT2D eigenvalue weighted by Crippen LogP contribution is 2.10. The Kier molecular flexibility index (Phi) is 7.58. The SMILES string of the molecule is COC(=O)CNC(=O)[C@H](Cc1ccc(I)cc1)NC(=O)c1ccccc1. The van der Waals surface area contributed by atoms with Crippen molar-refractivity contribution in [2.75, 3.05) is 13.7 Å². The average Bonchev–Trinajstić information content (AvgIpc) is 2.67. The fraction of sp³-hybridized carbons (Fsp3) is 0.211. The number of amides is 2. The minimum atomic E-state index is -0.813. The molecule has 2 aromatic rings. The van der Waals surface area contributed by atoms with Gasteiger partial charge in [-0.1, -0.05) is 30.3 Å². The normalized spacial score (nSPS) is 11.3. The fourth-order valence-corrected chi connectivity index (χ4v) is 2.61. The van der Waals surface area contributed by atoms with Crippen LogP contribution in [0.15, 0.2) is 54.6 Å². The quantitative estimate of drug-likeness (QED) is 0.483. The molecule has 26 heavy (non-hydrogen) atoms. The third kappa shape index (κ3) is 6.14. The topological polar surface area (TPSA) is 84.5 Å². The van der Waals surface area contributed by atoms with Crippen molar-refractivity contribution in [1.82, 2.24) is 10.6 Å².